The molecule has 0 saturated carbocycles. The summed E-state index contributed by atoms with van der Waals surface area (Å²) in [5.41, 5.74) is -0.248. The van der Waals surface area contributed by atoms with Crippen LogP contribution in [0.25, 0.3) is 0 Å². The Bertz CT molecular complexity index is 394. The van der Waals surface area contributed by atoms with E-state index in [1.807, 2.05) is 0 Å². The van der Waals surface area contributed by atoms with Crippen molar-refractivity contribution in [2.45, 2.75) is 0 Å². The van der Waals surface area contributed by atoms with Gasteiger partial charge in [0.15, 0.2) is 11.6 Å². The van der Waals surface area contributed by atoms with Gasteiger partial charge in [-0.25, -0.2) is 8.78 Å². The van der Waals surface area contributed by atoms with Crippen molar-refractivity contribution in [3.63, 3.8) is 0 Å². The van der Waals surface area contributed by atoms with Crippen LogP contribution in [0.1, 0.15) is 0 Å². The van der Waals surface area contributed by atoms with Crippen molar-refractivity contribution in [3.05, 3.63) is 29.8 Å². The molecule has 0 aliphatic rings. The van der Waals surface area contributed by atoms with Gasteiger partial charge >= 0.3 is 0 Å². The Morgan fingerprint density at radius 3 is 2.93 bits per heavy atom. The van der Waals surface area contributed by atoms with E-state index in [1.165, 1.54) is 19.2 Å². The number of anilines is 1. The maximum atomic E-state index is 13.0. The van der Waals surface area contributed by atoms with Crippen molar-refractivity contribution in [2.75, 3.05) is 12.4 Å². The Morgan fingerprint density at radius 2 is 2.27 bits per heavy atom. The quantitative estimate of drug-likeness (QED) is 0.612. The lowest BCUT2D eigenvalue weighted by Crippen LogP contribution is -2.14. The van der Waals surface area contributed by atoms with Gasteiger partial charge in [0.1, 0.15) is 13.3 Å². The van der Waals surface area contributed by atoms with E-state index in [0.717, 1.165) is 12.3 Å². The van der Waals surface area contributed by atoms with Crippen LogP contribution in [0.5, 0.6) is 0 Å². The second kappa shape index (κ2) is 5.04. The molecule has 1 amide bonds. The fraction of sp³-hybridized carbons (Fsp3) is 0.111. The number of nitrogens with one attached hydrogen (secondary N) is 1. The van der Waals surface area contributed by atoms with Gasteiger partial charge in [0.05, 0.1) is 5.69 Å². The fourth-order valence-electron chi connectivity index (χ4n) is 0.866. The van der Waals surface area contributed by atoms with E-state index >= 15 is 0 Å². The number of carbonyl (C=O) groups is 1. The minimum absolute atomic E-state index is 0.248. The van der Waals surface area contributed by atoms with Crippen molar-refractivity contribution in [2.24, 2.45) is 5.16 Å². The van der Waals surface area contributed by atoms with Crippen molar-refractivity contribution < 1.29 is 18.4 Å². The molecule has 0 fully saturated rings. The molecule has 0 bridgehead atoms. The Hall–Kier alpha value is -1.98. The molecular weight excluding hydrogens is 206 g/mol. The molecule has 15 heavy (non-hydrogen) atoms. The molecule has 0 atom stereocenters. The van der Waals surface area contributed by atoms with Crippen LogP contribution >= 0.6 is 0 Å². The summed E-state index contributed by atoms with van der Waals surface area (Å²) >= 11 is 0. The molecule has 1 N–H and O–H groups in total. The number of hydrogen-bond acceptors (Lipinski definition) is 3. The number of benzene rings is 1. The monoisotopic (exact) mass is 214 g/mol. The van der Waals surface area contributed by atoms with Crippen LogP contribution in [-0.2, 0) is 9.63 Å². The molecule has 80 valence electrons. The van der Waals surface area contributed by atoms with E-state index in [0.29, 0.717) is 0 Å². The summed E-state index contributed by atoms with van der Waals surface area (Å²) in [4.78, 5) is 15.3. The van der Waals surface area contributed by atoms with Gasteiger partial charge in [0.2, 0.25) is 0 Å². The van der Waals surface area contributed by atoms with Gasteiger partial charge in [-0.2, -0.15) is 0 Å². The zero-order valence-electron chi connectivity index (χ0n) is 7.83. The van der Waals surface area contributed by atoms with E-state index < -0.39 is 17.5 Å². The SMILES string of the molecule is CO/N=C/C(=O)Nc1cccc(F)c1F. The topological polar surface area (TPSA) is 50.7 Å². The van der Waals surface area contributed by atoms with Gasteiger partial charge in [-0.15, -0.1) is 0 Å². The lowest BCUT2D eigenvalue weighted by atomic mass is 10.3. The van der Waals surface area contributed by atoms with Gasteiger partial charge in [-0.3, -0.25) is 4.79 Å². The van der Waals surface area contributed by atoms with E-state index in [2.05, 4.69) is 15.3 Å². The molecule has 0 aliphatic carbocycles. The molecule has 1 aromatic rings. The van der Waals surface area contributed by atoms with Gasteiger partial charge < -0.3 is 10.2 Å². The first kappa shape index (κ1) is 11.1. The number of carbonyl (C=O) groups excluding carboxylic acids is 1. The lowest BCUT2D eigenvalue weighted by Gasteiger charge is -2.03. The van der Waals surface area contributed by atoms with Crippen molar-refractivity contribution >= 4 is 17.8 Å². The summed E-state index contributed by atoms with van der Waals surface area (Å²) < 4.78 is 25.7. The second-order valence-corrected chi connectivity index (χ2v) is 2.51. The molecule has 0 aliphatic heterocycles. The third-order valence-corrected chi connectivity index (χ3v) is 1.48. The maximum absolute atomic E-state index is 13.0. The molecule has 6 heteroatoms. The highest BCUT2D eigenvalue weighted by Crippen LogP contribution is 2.15. The van der Waals surface area contributed by atoms with Crippen LogP contribution in [0.15, 0.2) is 23.4 Å². The summed E-state index contributed by atoms with van der Waals surface area (Å²) in [5, 5.41) is 5.27. The number of oxime groups is 1. The van der Waals surface area contributed by atoms with Crippen molar-refractivity contribution in [3.8, 4) is 0 Å². The van der Waals surface area contributed by atoms with E-state index in [4.69, 9.17) is 0 Å². The summed E-state index contributed by atoms with van der Waals surface area (Å²) in [6.45, 7) is 0. The smallest absolute Gasteiger partial charge is 0.270 e. The summed E-state index contributed by atoms with van der Waals surface area (Å²) in [5.74, 6) is -2.85. The molecule has 0 saturated heterocycles. The fourth-order valence-corrected chi connectivity index (χ4v) is 0.866. The number of amides is 1. The molecule has 0 aromatic heterocycles. The molecule has 0 radical (unpaired) electrons. The largest absolute Gasteiger partial charge is 0.399 e. The molecule has 1 rings (SSSR count). The molecule has 0 unspecified atom stereocenters. The molecule has 0 heterocycles. The van der Waals surface area contributed by atoms with E-state index in [-0.39, 0.29) is 5.69 Å². The van der Waals surface area contributed by atoms with Crippen LogP contribution in [0.2, 0.25) is 0 Å². The minimum Gasteiger partial charge on any atom is -0.399 e. The Balaban J connectivity index is 2.77. The van der Waals surface area contributed by atoms with Gasteiger partial charge in [-0.1, -0.05) is 11.2 Å². The lowest BCUT2D eigenvalue weighted by molar-refractivity contribution is -0.110. The predicted molar refractivity (Wildman–Crippen MR) is 50.5 cm³/mol. The number of halogens is 2. The maximum Gasteiger partial charge on any atom is 0.270 e. The zero-order chi connectivity index (χ0) is 11.3. The van der Waals surface area contributed by atoms with Crippen LogP contribution in [0.4, 0.5) is 14.5 Å². The molecule has 4 nitrogen and oxygen atoms in total. The number of nitrogens with zero attached hydrogens (tertiary/aromatic N) is 1. The van der Waals surface area contributed by atoms with Gasteiger partial charge in [0.25, 0.3) is 5.91 Å². The average Bonchev–Trinajstić information content (AvgIpc) is 2.22. The second-order valence-electron chi connectivity index (χ2n) is 2.51. The van der Waals surface area contributed by atoms with E-state index in [9.17, 15) is 13.6 Å². The van der Waals surface area contributed by atoms with Crippen LogP contribution in [0.3, 0.4) is 0 Å². The molecule has 1 aromatic carbocycles. The third kappa shape index (κ3) is 3.01. The highest BCUT2D eigenvalue weighted by Gasteiger charge is 2.08. The van der Waals surface area contributed by atoms with Gasteiger partial charge in [0, 0.05) is 0 Å². The first-order valence-electron chi connectivity index (χ1n) is 3.96. The Labute approximate surface area is 84.5 Å². The predicted octanol–water partition coefficient (Wildman–Crippen LogP) is 1.54. The third-order valence-electron chi connectivity index (χ3n) is 1.48. The summed E-state index contributed by atoms with van der Waals surface area (Å²) in [6, 6.07) is 3.46. The number of hydrogen-bond donors (Lipinski definition) is 1. The summed E-state index contributed by atoms with van der Waals surface area (Å²) in [7, 11) is 1.26. The van der Waals surface area contributed by atoms with E-state index in [1.54, 1.807) is 0 Å². The average molecular weight is 214 g/mol. The van der Waals surface area contributed by atoms with Crippen LogP contribution in [-0.4, -0.2) is 19.2 Å². The normalized spacial score (nSPS) is 10.3. The summed E-state index contributed by atoms with van der Waals surface area (Å²) in [6.07, 6.45) is 0.810. The highest BCUT2D eigenvalue weighted by molar-refractivity contribution is 6.31. The van der Waals surface area contributed by atoms with Crippen LogP contribution in [0, 0.1) is 11.6 Å². The highest BCUT2D eigenvalue weighted by atomic mass is 19.2. The standard InChI is InChI=1S/C9H8F2N2O2/c1-15-12-5-8(14)13-7-4-2-3-6(10)9(7)11/h2-5H,1H3,(H,13,14)/b12-5+. The molecule has 0 spiro atoms. The van der Waals surface area contributed by atoms with Crippen molar-refractivity contribution in [1.82, 2.24) is 0 Å². The first-order valence-corrected chi connectivity index (χ1v) is 3.96. The van der Waals surface area contributed by atoms with Crippen molar-refractivity contribution in [1.29, 1.82) is 0 Å². The van der Waals surface area contributed by atoms with Gasteiger partial charge in [-0.05, 0) is 12.1 Å². The Kier molecular flexibility index (Phi) is 3.73. The number of rotatable bonds is 3. The minimum atomic E-state index is -1.11. The molecular formula is C9H8F2N2O2. The Morgan fingerprint density at radius 1 is 1.53 bits per heavy atom. The van der Waals surface area contributed by atoms with Crippen LogP contribution < -0.4 is 5.32 Å². The zero-order valence-corrected chi connectivity index (χ0v) is 7.83. The first-order chi connectivity index (χ1) is 7.15.